The fourth-order valence-corrected chi connectivity index (χ4v) is 4.29. The molecule has 0 aliphatic carbocycles. The number of H-pyrrole nitrogens is 1. The summed E-state index contributed by atoms with van der Waals surface area (Å²) in [5.74, 6) is 1.14. The van der Waals surface area contributed by atoms with Crippen molar-refractivity contribution in [2.45, 2.75) is 13.8 Å². The van der Waals surface area contributed by atoms with Crippen LogP contribution in [0.5, 0.6) is 11.5 Å². The van der Waals surface area contributed by atoms with E-state index in [4.69, 9.17) is 9.47 Å². The summed E-state index contributed by atoms with van der Waals surface area (Å²) in [6.07, 6.45) is 1.74. The van der Waals surface area contributed by atoms with Crippen molar-refractivity contribution in [2.75, 3.05) is 19.0 Å². The van der Waals surface area contributed by atoms with Gasteiger partial charge < -0.3 is 19.8 Å². The quantitative estimate of drug-likeness (QED) is 0.211. The van der Waals surface area contributed by atoms with Gasteiger partial charge in [0.2, 0.25) is 0 Å². The van der Waals surface area contributed by atoms with Gasteiger partial charge in [-0.1, -0.05) is 23.8 Å². The van der Waals surface area contributed by atoms with Gasteiger partial charge in [0.1, 0.15) is 11.9 Å². The van der Waals surface area contributed by atoms with Crippen LogP contribution in [0.3, 0.4) is 0 Å². The lowest BCUT2D eigenvalue weighted by molar-refractivity contribution is -0.118. The van der Waals surface area contributed by atoms with E-state index in [1.54, 1.807) is 12.1 Å². The monoisotopic (exact) mass is 578 g/mol. The summed E-state index contributed by atoms with van der Waals surface area (Å²) in [6.45, 7) is 3.82. The van der Waals surface area contributed by atoms with E-state index in [1.165, 1.54) is 7.11 Å². The number of carbonyl (C=O) groups excluding carboxylic acids is 1. The molecule has 0 atom stereocenters. The molecule has 3 aromatic carbocycles. The molecular weight excluding hydrogens is 555 g/mol. The third kappa shape index (κ3) is 5.81. The van der Waals surface area contributed by atoms with Gasteiger partial charge in [0.05, 0.1) is 27.3 Å². The number of aryl methyl sites for hydroxylation is 2. The number of allylic oxidation sites excluding steroid dienone is 1. The van der Waals surface area contributed by atoms with Crippen molar-refractivity contribution in [1.82, 2.24) is 9.97 Å². The van der Waals surface area contributed by atoms with Crippen LogP contribution in [0.15, 0.2) is 54.6 Å². The Morgan fingerprint density at radius 1 is 1.14 bits per heavy atom. The molecule has 1 aromatic heterocycles. The number of hydrogen-bond donors (Lipinski definition) is 2. The maximum Gasteiger partial charge on any atom is 0.262 e. The molecule has 176 valence electrons. The Kier molecular flexibility index (Phi) is 7.36. The lowest BCUT2D eigenvalue weighted by Gasteiger charge is -2.14. The number of carbonyl (C=O) groups is 1. The van der Waals surface area contributed by atoms with Gasteiger partial charge in [-0.25, -0.2) is 4.98 Å². The number of aromatic amines is 1. The van der Waals surface area contributed by atoms with Crippen molar-refractivity contribution in [2.24, 2.45) is 0 Å². The second-order valence-electron chi connectivity index (χ2n) is 8.01. The number of fused-ring (bicyclic) bond motifs is 1. The highest BCUT2D eigenvalue weighted by Gasteiger charge is 2.15. The number of hydrogen-bond acceptors (Lipinski definition) is 5. The van der Waals surface area contributed by atoms with E-state index in [2.05, 4.69) is 43.9 Å². The van der Waals surface area contributed by atoms with E-state index in [9.17, 15) is 10.1 Å². The summed E-state index contributed by atoms with van der Waals surface area (Å²) in [7, 11) is 1.53. The first-order valence-electron chi connectivity index (χ1n) is 10.8. The van der Waals surface area contributed by atoms with Gasteiger partial charge in [-0.3, -0.25) is 4.79 Å². The van der Waals surface area contributed by atoms with Crippen LogP contribution in [0.2, 0.25) is 0 Å². The molecule has 4 rings (SSSR count). The highest BCUT2D eigenvalue weighted by atomic mass is 127. The molecule has 7 nitrogen and oxygen atoms in total. The van der Waals surface area contributed by atoms with E-state index in [1.807, 2.05) is 62.4 Å². The van der Waals surface area contributed by atoms with Gasteiger partial charge in [0.25, 0.3) is 5.91 Å². The van der Waals surface area contributed by atoms with E-state index >= 15 is 0 Å². The third-order valence-corrected chi connectivity index (χ3v) is 6.06. The molecule has 4 aromatic rings. The Labute approximate surface area is 216 Å². The molecule has 1 amide bonds. The molecule has 0 fully saturated rings. The maximum absolute atomic E-state index is 12.3. The molecule has 1 heterocycles. The summed E-state index contributed by atoms with van der Waals surface area (Å²) in [4.78, 5) is 20.1. The number of amides is 1. The molecule has 35 heavy (non-hydrogen) atoms. The first-order valence-corrected chi connectivity index (χ1v) is 11.9. The van der Waals surface area contributed by atoms with Crippen LogP contribution in [-0.4, -0.2) is 29.6 Å². The van der Waals surface area contributed by atoms with Gasteiger partial charge >= 0.3 is 0 Å². The highest BCUT2D eigenvalue weighted by Crippen LogP contribution is 2.35. The van der Waals surface area contributed by atoms with Crippen molar-refractivity contribution in [1.29, 1.82) is 5.26 Å². The van der Waals surface area contributed by atoms with Crippen LogP contribution in [0.1, 0.15) is 22.5 Å². The van der Waals surface area contributed by atoms with Gasteiger partial charge in [0.15, 0.2) is 18.1 Å². The minimum Gasteiger partial charge on any atom is -0.493 e. The van der Waals surface area contributed by atoms with E-state index in [0.29, 0.717) is 28.6 Å². The van der Waals surface area contributed by atoms with Crippen LogP contribution in [-0.2, 0) is 4.79 Å². The number of nitrogens with zero attached hydrogens (tertiary/aromatic N) is 2. The number of aromatic nitrogens is 2. The zero-order valence-corrected chi connectivity index (χ0v) is 21.6. The van der Waals surface area contributed by atoms with Gasteiger partial charge in [-0.05, 0) is 90.0 Å². The molecule has 0 spiro atoms. The number of imidazole rings is 1. The largest absolute Gasteiger partial charge is 0.493 e. The number of halogens is 1. The maximum atomic E-state index is 12.3. The number of ether oxygens (including phenoxy) is 2. The molecule has 0 unspecified atom stereocenters. The Bertz CT molecular complexity index is 1470. The lowest BCUT2D eigenvalue weighted by atomic mass is 10.1. The average molecular weight is 578 g/mol. The second kappa shape index (κ2) is 10.6. The summed E-state index contributed by atoms with van der Waals surface area (Å²) >= 11 is 2.13. The summed E-state index contributed by atoms with van der Waals surface area (Å²) in [6, 6.07) is 19.3. The molecule has 8 heteroatoms. The SMILES string of the molecule is COc1cc(/C=C(/C#N)c2nc3ccc(C)cc3[nH]2)cc(I)c1OCC(=O)Nc1ccc(C)cc1. The number of rotatable bonds is 7. The molecule has 2 N–H and O–H groups in total. The van der Waals surface area contributed by atoms with Gasteiger partial charge in [-0.2, -0.15) is 5.26 Å². The van der Waals surface area contributed by atoms with Crippen LogP contribution < -0.4 is 14.8 Å². The molecular formula is C27H23IN4O3. The Morgan fingerprint density at radius 2 is 1.89 bits per heavy atom. The van der Waals surface area contributed by atoms with Crippen molar-refractivity contribution < 1.29 is 14.3 Å². The Morgan fingerprint density at radius 3 is 2.60 bits per heavy atom. The number of methoxy groups -OCH3 is 1. The van der Waals surface area contributed by atoms with Crippen molar-refractivity contribution >= 4 is 56.9 Å². The van der Waals surface area contributed by atoms with Crippen molar-refractivity contribution in [3.8, 4) is 17.6 Å². The topological polar surface area (TPSA) is 100 Å². The van der Waals surface area contributed by atoms with E-state index < -0.39 is 0 Å². The van der Waals surface area contributed by atoms with Gasteiger partial charge in [-0.15, -0.1) is 0 Å². The number of nitriles is 1. The Balaban J connectivity index is 1.54. The fourth-order valence-electron chi connectivity index (χ4n) is 3.51. The molecule has 0 aliphatic rings. The summed E-state index contributed by atoms with van der Waals surface area (Å²) in [5.41, 5.74) is 5.74. The first-order chi connectivity index (χ1) is 16.9. The lowest BCUT2D eigenvalue weighted by Crippen LogP contribution is -2.20. The van der Waals surface area contributed by atoms with Crippen molar-refractivity contribution in [3.63, 3.8) is 0 Å². The van der Waals surface area contributed by atoms with Gasteiger partial charge in [0, 0.05) is 5.69 Å². The molecule has 0 saturated carbocycles. The standard InChI is InChI=1S/C27H23IN4O3/c1-16-4-7-20(8-5-16)30-25(33)15-35-26-21(28)12-18(13-24(26)34-3)11-19(14-29)27-31-22-9-6-17(2)10-23(22)32-27/h4-13H,15H2,1-3H3,(H,30,33)(H,31,32)/b19-11-. The van der Waals surface area contributed by atoms with Crippen LogP contribution >= 0.6 is 22.6 Å². The minimum absolute atomic E-state index is 0.169. The van der Waals surface area contributed by atoms with Crippen molar-refractivity contribution in [3.05, 3.63) is 80.7 Å². The van der Waals surface area contributed by atoms with Crippen LogP contribution in [0.25, 0.3) is 22.7 Å². The smallest absolute Gasteiger partial charge is 0.262 e. The number of anilines is 1. The highest BCUT2D eigenvalue weighted by molar-refractivity contribution is 14.1. The van der Waals surface area contributed by atoms with Crippen LogP contribution in [0, 0.1) is 28.7 Å². The number of nitrogens with one attached hydrogen (secondary N) is 2. The van der Waals surface area contributed by atoms with E-state index in [0.717, 1.165) is 31.3 Å². The molecule has 0 bridgehead atoms. The fraction of sp³-hybridized carbons (Fsp3) is 0.148. The number of benzene rings is 3. The predicted octanol–water partition coefficient (Wildman–Crippen LogP) is 5.87. The molecule has 0 radical (unpaired) electrons. The normalized spacial score (nSPS) is 11.2. The molecule has 0 aliphatic heterocycles. The van der Waals surface area contributed by atoms with E-state index in [-0.39, 0.29) is 12.5 Å². The average Bonchev–Trinajstić information content (AvgIpc) is 3.26. The summed E-state index contributed by atoms with van der Waals surface area (Å²) < 4.78 is 12.0. The molecule has 0 saturated heterocycles. The Hall–Kier alpha value is -3.84. The second-order valence-corrected chi connectivity index (χ2v) is 9.18. The predicted molar refractivity (Wildman–Crippen MR) is 145 cm³/mol. The summed E-state index contributed by atoms with van der Waals surface area (Å²) in [5, 5.41) is 12.6. The van der Waals surface area contributed by atoms with Crippen LogP contribution in [0.4, 0.5) is 5.69 Å². The first kappa shape index (κ1) is 24.3. The zero-order valence-electron chi connectivity index (χ0n) is 19.5. The minimum atomic E-state index is -0.275. The third-order valence-electron chi connectivity index (χ3n) is 5.26. The zero-order chi connectivity index (χ0) is 24.9.